The zero-order chi connectivity index (χ0) is 21.4. The SMILES string of the molecule is CN(C)CCOc1cc(CN=C(N)N2CCN(C(=O)OC(C)(C)C)CC2)ccn1. The largest absolute Gasteiger partial charge is 0.476 e. The first-order valence-electron chi connectivity index (χ1n) is 9.89. The number of rotatable bonds is 6. The van der Waals surface area contributed by atoms with Crippen LogP contribution in [0.25, 0.3) is 0 Å². The van der Waals surface area contributed by atoms with Crippen molar-refractivity contribution in [1.82, 2.24) is 19.7 Å². The average Bonchev–Trinajstić information content (AvgIpc) is 2.65. The number of guanidine groups is 1. The molecule has 1 aromatic rings. The number of carbonyl (C=O) groups excluding carboxylic acids is 1. The highest BCUT2D eigenvalue weighted by atomic mass is 16.6. The van der Waals surface area contributed by atoms with E-state index in [0.29, 0.717) is 51.2 Å². The lowest BCUT2D eigenvalue weighted by Gasteiger charge is -2.36. The maximum atomic E-state index is 12.1. The molecule has 0 aliphatic carbocycles. The van der Waals surface area contributed by atoms with Crippen molar-refractivity contribution >= 4 is 12.1 Å². The molecule has 1 aliphatic rings. The van der Waals surface area contributed by atoms with E-state index < -0.39 is 5.60 Å². The minimum Gasteiger partial charge on any atom is -0.476 e. The summed E-state index contributed by atoms with van der Waals surface area (Å²) in [5.74, 6) is 1.06. The number of nitrogens with two attached hydrogens (primary N) is 1. The summed E-state index contributed by atoms with van der Waals surface area (Å²) >= 11 is 0. The fourth-order valence-corrected chi connectivity index (χ4v) is 2.68. The van der Waals surface area contributed by atoms with Crippen LogP contribution in [-0.4, -0.2) is 90.8 Å². The number of nitrogens with zero attached hydrogens (tertiary/aromatic N) is 5. The van der Waals surface area contributed by atoms with Gasteiger partial charge in [-0.1, -0.05) is 0 Å². The normalized spacial score (nSPS) is 15.6. The molecule has 0 bridgehead atoms. The number of ether oxygens (including phenoxy) is 2. The number of amides is 1. The summed E-state index contributed by atoms with van der Waals surface area (Å²) in [6, 6.07) is 3.78. The van der Waals surface area contributed by atoms with Gasteiger partial charge in [-0.15, -0.1) is 0 Å². The van der Waals surface area contributed by atoms with Crippen molar-refractivity contribution in [3.63, 3.8) is 0 Å². The van der Waals surface area contributed by atoms with Crippen LogP contribution in [-0.2, 0) is 11.3 Å². The third kappa shape index (κ3) is 8.15. The lowest BCUT2D eigenvalue weighted by atomic mass is 10.2. The summed E-state index contributed by atoms with van der Waals surface area (Å²) in [7, 11) is 4.00. The van der Waals surface area contributed by atoms with E-state index in [-0.39, 0.29) is 6.09 Å². The zero-order valence-corrected chi connectivity index (χ0v) is 18.2. The molecule has 9 heteroatoms. The molecule has 0 radical (unpaired) electrons. The van der Waals surface area contributed by atoms with Crippen LogP contribution >= 0.6 is 0 Å². The van der Waals surface area contributed by atoms with Crippen LogP contribution in [0.15, 0.2) is 23.3 Å². The van der Waals surface area contributed by atoms with Crippen molar-refractivity contribution in [2.45, 2.75) is 32.9 Å². The van der Waals surface area contributed by atoms with Crippen molar-refractivity contribution < 1.29 is 14.3 Å². The van der Waals surface area contributed by atoms with Crippen LogP contribution in [0.4, 0.5) is 4.79 Å². The summed E-state index contributed by atoms with van der Waals surface area (Å²) < 4.78 is 11.1. The molecule has 29 heavy (non-hydrogen) atoms. The van der Waals surface area contributed by atoms with E-state index in [1.807, 2.05) is 51.9 Å². The molecule has 0 unspecified atom stereocenters. The molecule has 0 atom stereocenters. The molecule has 0 saturated carbocycles. The third-order valence-electron chi connectivity index (χ3n) is 4.27. The third-order valence-corrected chi connectivity index (χ3v) is 4.27. The Labute approximate surface area is 173 Å². The number of hydrogen-bond acceptors (Lipinski definition) is 6. The lowest BCUT2D eigenvalue weighted by Crippen LogP contribution is -2.53. The Morgan fingerprint density at radius 3 is 2.52 bits per heavy atom. The highest BCUT2D eigenvalue weighted by Gasteiger charge is 2.26. The molecule has 1 saturated heterocycles. The summed E-state index contributed by atoms with van der Waals surface area (Å²) in [6.45, 7) is 9.83. The minimum absolute atomic E-state index is 0.286. The maximum Gasteiger partial charge on any atom is 0.410 e. The molecule has 1 fully saturated rings. The van der Waals surface area contributed by atoms with E-state index in [0.717, 1.165) is 12.1 Å². The number of likely N-dealkylation sites (N-methyl/N-ethyl adjacent to an activating group) is 1. The van der Waals surface area contributed by atoms with Gasteiger partial charge in [0.15, 0.2) is 5.96 Å². The lowest BCUT2D eigenvalue weighted by molar-refractivity contribution is 0.0186. The van der Waals surface area contributed by atoms with Gasteiger partial charge in [0.1, 0.15) is 12.2 Å². The van der Waals surface area contributed by atoms with Gasteiger partial charge < -0.3 is 29.9 Å². The first-order valence-corrected chi connectivity index (χ1v) is 9.89. The second kappa shape index (κ2) is 10.3. The Morgan fingerprint density at radius 1 is 1.24 bits per heavy atom. The predicted molar refractivity (Wildman–Crippen MR) is 113 cm³/mol. The van der Waals surface area contributed by atoms with E-state index in [4.69, 9.17) is 15.2 Å². The van der Waals surface area contributed by atoms with Crippen molar-refractivity contribution in [1.29, 1.82) is 0 Å². The van der Waals surface area contributed by atoms with Gasteiger partial charge in [0.2, 0.25) is 5.88 Å². The van der Waals surface area contributed by atoms with Gasteiger partial charge in [0.05, 0.1) is 6.54 Å². The second-order valence-corrected chi connectivity index (χ2v) is 8.28. The first-order chi connectivity index (χ1) is 13.6. The van der Waals surface area contributed by atoms with Crippen LogP contribution in [0.3, 0.4) is 0 Å². The van der Waals surface area contributed by atoms with Crippen LogP contribution in [0.1, 0.15) is 26.3 Å². The molecular formula is C20H34N6O3. The predicted octanol–water partition coefficient (Wildman–Crippen LogP) is 1.39. The van der Waals surface area contributed by atoms with Gasteiger partial charge in [-0.2, -0.15) is 0 Å². The molecule has 162 valence electrons. The Bertz CT molecular complexity index is 694. The van der Waals surface area contributed by atoms with Crippen molar-refractivity contribution in [3.05, 3.63) is 23.9 Å². The highest BCUT2D eigenvalue weighted by molar-refractivity contribution is 5.78. The Hall–Kier alpha value is -2.55. The Balaban J connectivity index is 1.82. The van der Waals surface area contributed by atoms with Crippen molar-refractivity contribution in [3.8, 4) is 5.88 Å². The van der Waals surface area contributed by atoms with Crippen LogP contribution in [0.2, 0.25) is 0 Å². The molecule has 1 aromatic heterocycles. The molecule has 0 spiro atoms. The standard InChI is InChI=1S/C20H34N6O3/c1-20(2,3)29-19(27)26-10-8-25(9-11-26)18(21)23-15-16-6-7-22-17(14-16)28-13-12-24(4)5/h6-7,14H,8-13,15H2,1-5H3,(H2,21,23). The van der Waals surface area contributed by atoms with E-state index in [2.05, 4.69) is 14.9 Å². The Kier molecular flexibility index (Phi) is 8.07. The molecule has 1 aliphatic heterocycles. The van der Waals surface area contributed by atoms with Crippen LogP contribution in [0, 0.1) is 0 Å². The molecular weight excluding hydrogens is 372 g/mol. The van der Waals surface area contributed by atoms with Crippen molar-refractivity contribution in [2.75, 3.05) is 53.4 Å². The summed E-state index contributed by atoms with van der Waals surface area (Å²) in [5.41, 5.74) is 6.65. The van der Waals surface area contributed by atoms with Crippen LogP contribution in [0.5, 0.6) is 5.88 Å². The zero-order valence-electron chi connectivity index (χ0n) is 18.2. The van der Waals surface area contributed by atoms with Gasteiger partial charge in [0.25, 0.3) is 0 Å². The number of carbonyl (C=O) groups is 1. The molecule has 2 rings (SSSR count). The van der Waals surface area contributed by atoms with Gasteiger partial charge in [0, 0.05) is 45.0 Å². The highest BCUT2D eigenvalue weighted by Crippen LogP contribution is 2.13. The number of hydrogen-bond donors (Lipinski definition) is 1. The second-order valence-electron chi connectivity index (χ2n) is 8.28. The molecule has 0 aromatic carbocycles. The van der Waals surface area contributed by atoms with Gasteiger partial charge in [-0.3, -0.25) is 0 Å². The molecule has 1 amide bonds. The van der Waals surface area contributed by atoms with E-state index in [1.54, 1.807) is 11.1 Å². The van der Waals surface area contributed by atoms with E-state index in [9.17, 15) is 4.79 Å². The van der Waals surface area contributed by atoms with Crippen molar-refractivity contribution in [2.24, 2.45) is 10.7 Å². The fourth-order valence-electron chi connectivity index (χ4n) is 2.68. The first kappa shape index (κ1) is 22.7. The molecule has 9 nitrogen and oxygen atoms in total. The number of piperazine rings is 1. The monoisotopic (exact) mass is 406 g/mol. The van der Waals surface area contributed by atoms with Crippen LogP contribution < -0.4 is 10.5 Å². The fraction of sp³-hybridized carbons (Fsp3) is 0.650. The molecule has 2 N–H and O–H groups in total. The summed E-state index contributed by atoms with van der Waals surface area (Å²) in [6.07, 6.45) is 1.43. The van der Waals surface area contributed by atoms with Gasteiger partial charge in [-0.25, -0.2) is 14.8 Å². The molecule has 2 heterocycles. The minimum atomic E-state index is -0.492. The topological polar surface area (TPSA) is 96.5 Å². The quantitative estimate of drug-likeness (QED) is 0.563. The maximum absolute atomic E-state index is 12.1. The van der Waals surface area contributed by atoms with E-state index in [1.165, 1.54) is 0 Å². The average molecular weight is 407 g/mol. The van der Waals surface area contributed by atoms with E-state index >= 15 is 0 Å². The summed E-state index contributed by atoms with van der Waals surface area (Å²) in [4.78, 5) is 26.6. The number of pyridine rings is 1. The van der Waals surface area contributed by atoms with Gasteiger partial charge >= 0.3 is 6.09 Å². The van der Waals surface area contributed by atoms with Gasteiger partial charge in [-0.05, 0) is 46.5 Å². The number of aromatic nitrogens is 1. The number of aliphatic imine (C=N–C) groups is 1. The Morgan fingerprint density at radius 2 is 1.90 bits per heavy atom. The smallest absolute Gasteiger partial charge is 0.410 e. The summed E-state index contributed by atoms with van der Waals surface area (Å²) in [5, 5.41) is 0.